The number of halogens is 1. The van der Waals surface area contributed by atoms with Crippen LogP contribution < -0.4 is 4.90 Å². The summed E-state index contributed by atoms with van der Waals surface area (Å²) in [6.45, 7) is 2.08. The molecule has 3 aromatic rings. The number of amides is 1. The molecule has 0 saturated carbocycles. The van der Waals surface area contributed by atoms with E-state index in [-0.39, 0.29) is 19.0 Å². The molecule has 0 atom stereocenters. The third kappa shape index (κ3) is 4.74. The zero-order chi connectivity index (χ0) is 19.9. The second-order valence-electron chi connectivity index (χ2n) is 6.37. The fraction of sp³-hybridized carbons (Fsp3) is 0.130. The number of hydrogen-bond donors (Lipinski definition) is 0. The van der Waals surface area contributed by atoms with Crippen molar-refractivity contribution < 1.29 is 13.9 Å². The lowest BCUT2D eigenvalue weighted by molar-refractivity contribution is 0.146. The maximum absolute atomic E-state index is 13.5. The van der Waals surface area contributed by atoms with E-state index in [1.54, 1.807) is 31.2 Å². The zero-order valence-electron chi connectivity index (χ0n) is 15.4. The monoisotopic (exact) mass is 374 g/mol. The van der Waals surface area contributed by atoms with E-state index in [9.17, 15) is 9.18 Å². The molecule has 0 spiro atoms. The van der Waals surface area contributed by atoms with Crippen molar-refractivity contribution in [1.82, 2.24) is 0 Å². The molecule has 0 aromatic heterocycles. The summed E-state index contributed by atoms with van der Waals surface area (Å²) in [6, 6.07) is 22.7. The number of hydrogen-bond acceptors (Lipinski definition) is 3. The molecule has 0 heterocycles. The number of nitriles is 1. The molecular weight excluding hydrogens is 355 g/mol. The number of rotatable bonds is 5. The Labute approximate surface area is 163 Å². The van der Waals surface area contributed by atoms with Crippen LogP contribution in [0.5, 0.6) is 0 Å². The molecule has 1 amide bonds. The first-order valence-corrected chi connectivity index (χ1v) is 8.80. The second kappa shape index (κ2) is 8.83. The van der Waals surface area contributed by atoms with Gasteiger partial charge >= 0.3 is 6.09 Å². The van der Waals surface area contributed by atoms with Gasteiger partial charge in [-0.05, 0) is 53.9 Å². The standard InChI is InChI=1S/C23H19FN2O2/c1-17-12-21(24)10-11-22(17)26(15-20-9-5-8-19(13-20)14-25)23(27)28-16-18-6-3-2-4-7-18/h2-13H,15-16H2,1H3. The molecule has 0 aliphatic heterocycles. The molecule has 5 heteroatoms. The zero-order valence-corrected chi connectivity index (χ0v) is 15.4. The maximum atomic E-state index is 13.5. The Balaban J connectivity index is 1.87. The second-order valence-corrected chi connectivity index (χ2v) is 6.37. The molecule has 4 nitrogen and oxygen atoms in total. The number of aryl methyl sites for hydroxylation is 1. The number of carbonyl (C=O) groups excluding carboxylic acids is 1. The molecule has 0 N–H and O–H groups in total. The summed E-state index contributed by atoms with van der Waals surface area (Å²) < 4.78 is 19.0. The summed E-state index contributed by atoms with van der Waals surface area (Å²) in [5.41, 5.74) is 3.33. The number of anilines is 1. The predicted octanol–water partition coefficient (Wildman–Crippen LogP) is 5.35. The third-order valence-electron chi connectivity index (χ3n) is 4.27. The number of carbonyl (C=O) groups is 1. The fourth-order valence-corrected chi connectivity index (χ4v) is 2.89. The van der Waals surface area contributed by atoms with Gasteiger partial charge in [-0.2, -0.15) is 5.26 Å². The van der Waals surface area contributed by atoms with E-state index in [1.165, 1.54) is 17.0 Å². The molecular formula is C23H19FN2O2. The van der Waals surface area contributed by atoms with Crippen LogP contribution in [-0.4, -0.2) is 6.09 Å². The number of nitrogens with zero attached hydrogens (tertiary/aromatic N) is 2. The molecule has 140 valence electrons. The predicted molar refractivity (Wildman–Crippen MR) is 105 cm³/mol. The first kappa shape index (κ1) is 19.1. The minimum Gasteiger partial charge on any atom is -0.444 e. The van der Waals surface area contributed by atoms with E-state index in [0.717, 1.165) is 11.1 Å². The lowest BCUT2D eigenvalue weighted by Crippen LogP contribution is -2.31. The van der Waals surface area contributed by atoms with Crippen molar-refractivity contribution in [2.45, 2.75) is 20.1 Å². The summed E-state index contributed by atoms with van der Waals surface area (Å²) in [6.07, 6.45) is -0.541. The molecule has 3 rings (SSSR count). The summed E-state index contributed by atoms with van der Waals surface area (Å²) in [5.74, 6) is -0.370. The average Bonchev–Trinajstić information content (AvgIpc) is 2.71. The van der Waals surface area contributed by atoms with Crippen LogP contribution >= 0.6 is 0 Å². The fourth-order valence-electron chi connectivity index (χ4n) is 2.89. The van der Waals surface area contributed by atoms with Gasteiger partial charge in [0.15, 0.2) is 0 Å². The van der Waals surface area contributed by atoms with Gasteiger partial charge < -0.3 is 4.74 Å². The topological polar surface area (TPSA) is 53.3 Å². The van der Waals surface area contributed by atoms with E-state index >= 15 is 0 Å². The maximum Gasteiger partial charge on any atom is 0.414 e. The quantitative estimate of drug-likeness (QED) is 0.605. The van der Waals surface area contributed by atoms with E-state index in [2.05, 4.69) is 6.07 Å². The average molecular weight is 374 g/mol. The van der Waals surface area contributed by atoms with Gasteiger partial charge in [0, 0.05) is 0 Å². The lowest BCUT2D eigenvalue weighted by atomic mass is 10.1. The van der Waals surface area contributed by atoms with Gasteiger partial charge in [0.05, 0.1) is 23.9 Å². The van der Waals surface area contributed by atoms with Gasteiger partial charge in [-0.25, -0.2) is 9.18 Å². The van der Waals surface area contributed by atoms with Crippen molar-refractivity contribution in [3.05, 3.63) is 101 Å². The summed E-state index contributed by atoms with van der Waals surface area (Å²) in [5, 5.41) is 9.11. The molecule has 0 aliphatic rings. The first-order chi connectivity index (χ1) is 13.6. The van der Waals surface area contributed by atoms with Gasteiger partial charge in [-0.1, -0.05) is 42.5 Å². The van der Waals surface area contributed by atoms with Crippen LogP contribution in [-0.2, 0) is 17.9 Å². The molecule has 0 saturated heterocycles. The van der Waals surface area contributed by atoms with Crippen molar-refractivity contribution in [2.75, 3.05) is 4.90 Å². The van der Waals surface area contributed by atoms with Crippen molar-refractivity contribution in [3.63, 3.8) is 0 Å². The van der Waals surface area contributed by atoms with Crippen LogP contribution in [0.2, 0.25) is 0 Å². The van der Waals surface area contributed by atoms with Gasteiger partial charge in [0.2, 0.25) is 0 Å². The van der Waals surface area contributed by atoms with Crippen molar-refractivity contribution in [3.8, 4) is 6.07 Å². The highest BCUT2D eigenvalue weighted by atomic mass is 19.1. The highest BCUT2D eigenvalue weighted by Gasteiger charge is 2.20. The van der Waals surface area contributed by atoms with Gasteiger partial charge in [0.25, 0.3) is 0 Å². The Hall–Kier alpha value is -3.65. The lowest BCUT2D eigenvalue weighted by Gasteiger charge is -2.24. The smallest absolute Gasteiger partial charge is 0.414 e. The van der Waals surface area contributed by atoms with Crippen LogP contribution in [0.1, 0.15) is 22.3 Å². The van der Waals surface area contributed by atoms with Gasteiger partial charge in [-0.15, -0.1) is 0 Å². The molecule has 0 radical (unpaired) electrons. The van der Waals surface area contributed by atoms with Crippen LogP contribution in [0.3, 0.4) is 0 Å². The summed E-state index contributed by atoms with van der Waals surface area (Å²) in [7, 11) is 0. The highest BCUT2D eigenvalue weighted by Crippen LogP contribution is 2.24. The summed E-state index contributed by atoms with van der Waals surface area (Å²) in [4.78, 5) is 14.3. The Kier molecular flexibility index (Phi) is 6.03. The van der Waals surface area contributed by atoms with E-state index in [4.69, 9.17) is 10.00 Å². The van der Waals surface area contributed by atoms with Crippen LogP contribution in [0.25, 0.3) is 0 Å². The summed E-state index contributed by atoms with van der Waals surface area (Å²) >= 11 is 0. The van der Waals surface area contributed by atoms with Crippen LogP contribution in [0.15, 0.2) is 72.8 Å². The third-order valence-corrected chi connectivity index (χ3v) is 4.27. The number of benzene rings is 3. The van der Waals surface area contributed by atoms with Crippen LogP contribution in [0.4, 0.5) is 14.9 Å². The van der Waals surface area contributed by atoms with Crippen molar-refractivity contribution in [2.24, 2.45) is 0 Å². The van der Waals surface area contributed by atoms with E-state index in [1.807, 2.05) is 36.4 Å². The SMILES string of the molecule is Cc1cc(F)ccc1N(Cc1cccc(C#N)c1)C(=O)OCc1ccccc1. The number of ether oxygens (including phenoxy) is 1. The highest BCUT2D eigenvalue weighted by molar-refractivity contribution is 5.88. The Morgan fingerprint density at radius 2 is 1.79 bits per heavy atom. The Morgan fingerprint density at radius 1 is 1.04 bits per heavy atom. The van der Waals surface area contributed by atoms with Gasteiger partial charge in [-0.3, -0.25) is 4.90 Å². The Bertz CT molecular complexity index is 1010. The molecule has 0 unspecified atom stereocenters. The first-order valence-electron chi connectivity index (χ1n) is 8.80. The molecule has 0 fully saturated rings. The molecule has 3 aromatic carbocycles. The van der Waals surface area contributed by atoms with Crippen molar-refractivity contribution in [1.29, 1.82) is 5.26 Å². The normalized spacial score (nSPS) is 10.2. The molecule has 0 bridgehead atoms. The Morgan fingerprint density at radius 3 is 2.50 bits per heavy atom. The largest absolute Gasteiger partial charge is 0.444 e. The molecule has 28 heavy (non-hydrogen) atoms. The van der Waals surface area contributed by atoms with E-state index in [0.29, 0.717) is 16.8 Å². The molecule has 0 aliphatic carbocycles. The minimum absolute atomic E-state index is 0.134. The van der Waals surface area contributed by atoms with E-state index < -0.39 is 6.09 Å². The van der Waals surface area contributed by atoms with Crippen LogP contribution in [0, 0.1) is 24.1 Å². The van der Waals surface area contributed by atoms with Crippen molar-refractivity contribution >= 4 is 11.8 Å². The van der Waals surface area contributed by atoms with Gasteiger partial charge in [0.1, 0.15) is 12.4 Å². The minimum atomic E-state index is -0.541.